The van der Waals surface area contributed by atoms with Crippen LogP contribution < -0.4 is 0 Å². The normalized spacial score (nSPS) is 29.8. The third kappa shape index (κ3) is 3.84. The van der Waals surface area contributed by atoms with E-state index < -0.39 is 18.5 Å². The van der Waals surface area contributed by atoms with Crippen LogP contribution in [0.2, 0.25) is 0 Å². The fourth-order valence-electron chi connectivity index (χ4n) is 3.19. The summed E-state index contributed by atoms with van der Waals surface area (Å²) in [5.74, 6) is -0.406. The number of halogens is 3. The molecule has 2 aliphatic heterocycles. The SMILES string of the molecule is CN1CCCC1C(=O)N1CCCC(CC(F)(F)F)C1. The molecule has 0 aliphatic carbocycles. The number of rotatable bonds is 2. The third-order valence-corrected chi connectivity index (χ3v) is 4.16. The van der Waals surface area contributed by atoms with E-state index >= 15 is 0 Å². The Kier molecular flexibility index (Phi) is 4.38. The Morgan fingerprint density at radius 2 is 1.89 bits per heavy atom. The van der Waals surface area contributed by atoms with Gasteiger partial charge in [-0.25, -0.2) is 0 Å². The minimum absolute atomic E-state index is 0.0203. The maximum atomic E-state index is 12.4. The predicted octanol–water partition coefficient (Wildman–Crippen LogP) is 2.27. The van der Waals surface area contributed by atoms with Crippen molar-refractivity contribution in [1.29, 1.82) is 0 Å². The van der Waals surface area contributed by atoms with Crippen molar-refractivity contribution in [3.05, 3.63) is 0 Å². The third-order valence-electron chi connectivity index (χ3n) is 4.16. The van der Waals surface area contributed by atoms with Crippen LogP contribution in [0.4, 0.5) is 13.2 Å². The molecule has 19 heavy (non-hydrogen) atoms. The van der Waals surface area contributed by atoms with E-state index in [2.05, 4.69) is 0 Å². The van der Waals surface area contributed by atoms with E-state index in [-0.39, 0.29) is 18.5 Å². The number of likely N-dealkylation sites (tertiary alicyclic amines) is 2. The van der Waals surface area contributed by atoms with Crippen molar-refractivity contribution in [2.24, 2.45) is 5.92 Å². The number of hydrogen-bond donors (Lipinski definition) is 0. The number of carbonyl (C=O) groups is 1. The van der Waals surface area contributed by atoms with E-state index in [0.29, 0.717) is 19.4 Å². The van der Waals surface area contributed by atoms with Crippen LogP contribution in [0, 0.1) is 5.92 Å². The standard InChI is InChI=1S/C13H21F3N2O/c1-17-6-3-5-11(17)12(19)18-7-2-4-10(9-18)8-13(14,15)16/h10-11H,2-9H2,1H3. The molecule has 0 aromatic rings. The molecular formula is C13H21F3N2O. The molecule has 1 amide bonds. The Bertz CT molecular complexity index is 332. The van der Waals surface area contributed by atoms with E-state index in [0.717, 1.165) is 19.4 Å². The van der Waals surface area contributed by atoms with Gasteiger partial charge >= 0.3 is 6.18 Å². The average Bonchev–Trinajstić information content (AvgIpc) is 2.72. The van der Waals surface area contributed by atoms with Crippen molar-refractivity contribution in [3.63, 3.8) is 0 Å². The molecule has 0 aromatic heterocycles. The zero-order chi connectivity index (χ0) is 14.0. The van der Waals surface area contributed by atoms with Gasteiger partial charge in [0.05, 0.1) is 6.04 Å². The second kappa shape index (κ2) is 5.69. The number of likely N-dealkylation sites (N-methyl/N-ethyl adjacent to an activating group) is 1. The average molecular weight is 278 g/mol. The van der Waals surface area contributed by atoms with Crippen molar-refractivity contribution < 1.29 is 18.0 Å². The van der Waals surface area contributed by atoms with Gasteiger partial charge in [0.15, 0.2) is 0 Å². The van der Waals surface area contributed by atoms with Crippen molar-refractivity contribution in [3.8, 4) is 0 Å². The van der Waals surface area contributed by atoms with Gasteiger partial charge in [-0.3, -0.25) is 9.69 Å². The maximum Gasteiger partial charge on any atom is 0.389 e. The van der Waals surface area contributed by atoms with Crippen molar-refractivity contribution in [2.75, 3.05) is 26.7 Å². The van der Waals surface area contributed by atoms with E-state index in [9.17, 15) is 18.0 Å². The lowest BCUT2D eigenvalue weighted by atomic mass is 9.94. The van der Waals surface area contributed by atoms with Crippen LogP contribution in [0.3, 0.4) is 0 Å². The van der Waals surface area contributed by atoms with Crippen LogP contribution in [0.1, 0.15) is 32.1 Å². The molecule has 2 aliphatic rings. The summed E-state index contributed by atoms with van der Waals surface area (Å²) in [6, 6.07) is -0.121. The van der Waals surface area contributed by atoms with Gasteiger partial charge in [-0.1, -0.05) is 0 Å². The Morgan fingerprint density at radius 1 is 1.21 bits per heavy atom. The van der Waals surface area contributed by atoms with Gasteiger partial charge < -0.3 is 4.90 Å². The van der Waals surface area contributed by atoms with Crippen LogP contribution in [0.15, 0.2) is 0 Å². The number of amides is 1. The zero-order valence-electron chi connectivity index (χ0n) is 11.2. The van der Waals surface area contributed by atoms with Gasteiger partial charge in [-0.05, 0) is 45.2 Å². The van der Waals surface area contributed by atoms with Gasteiger partial charge in [0, 0.05) is 19.5 Å². The molecule has 2 heterocycles. The molecule has 2 rings (SSSR count). The smallest absolute Gasteiger partial charge is 0.341 e. The minimum atomic E-state index is -4.12. The predicted molar refractivity (Wildman–Crippen MR) is 65.6 cm³/mol. The first-order chi connectivity index (χ1) is 8.87. The lowest BCUT2D eigenvalue weighted by Gasteiger charge is -2.35. The quantitative estimate of drug-likeness (QED) is 0.773. The molecule has 2 unspecified atom stereocenters. The zero-order valence-corrected chi connectivity index (χ0v) is 11.2. The molecule has 2 fully saturated rings. The van der Waals surface area contributed by atoms with E-state index in [1.165, 1.54) is 0 Å². The van der Waals surface area contributed by atoms with E-state index in [1.54, 1.807) is 4.90 Å². The minimum Gasteiger partial charge on any atom is -0.341 e. The van der Waals surface area contributed by atoms with Crippen LogP contribution in [-0.4, -0.2) is 54.6 Å². The Labute approximate surface area is 111 Å². The number of alkyl halides is 3. The molecule has 0 aromatic carbocycles. The first-order valence-corrected chi connectivity index (χ1v) is 6.92. The van der Waals surface area contributed by atoms with Crippen molar-refractivity contribution >= 4 is 5.91 Å². The first kappa shape index (κ1) is 14.6. The van der Waals surface area contributed by atoms with Gasteiger partial charge in [-0.15, -0.1) is 0 Å². The molecule has 2 saturated heterocycles. The van der Waals surface area contributed by atoms with Gasteiger partial charge in [0.1, 0.15) is 0 Å². The second-order valence-corrected chi connectivity index (χ2v) is 5.75. The number of hydrogen-bond acceptors (Lipinski definition) is 2. The van der Waals surface area contributed by atoms with Gasteiger partial charge in [0.2, 0.25) is 5.91 Å². The monoisotopic (exact) mass is 278 g/mol. The molecular weight excluding hydrogens is 257 g/mol. The highest BCUT2D eigenvalue weighted by Crippen LogP contribution is 2.31. The number of nitrogens with zero attached hydrogens (tertiary/aromatic N) is 2. The van der Waals surface area contributed by atoms with Crippen LogP contribution in [-0.2, 0) is 4.79 Å². The summed E-state index contributed by atoms with van der Waals surface area (Å²) >= 11 is 0. The summed E-state index contributed by atoms with van der Waals surface area (Å²) < 4.78 is 37.3. The van der Waals surface area contributed by atoms with Gasteiger partial charge in [-0.2, -0.15) is 13.2 Å². The Balaban J connectivity index is 1.91. The first-order valence-electron chi connectivity index (χ1n) is 6.92. The number of piperidine rings is 1. The molecule has 3 nitrogen and oxygen atoms in total. The summed E-state index contributed by atoms with van der Waals surface area (Å²) in [6.45, 7) is 1.77. The van der Waals surface area contributed by atoms with Crippen LogP contribution >= 0.6 is 0 Å². The summed E-state index contributed by atoms with van der Waals surface area (Å²) in [5, 5.41) is 0. The molecule has 0 N–H and O–H groups in total. The fourth-order valence-corrected chi connectivity index (χ4v) is 3.19. The topological polar surface area (TPSA) is 23.6 Å². The number of carbonyl (C=O) groups excluding carboxylic acids is 1. The summed E-state index contributed by atoms with van der Waals surface area (Å²) in [4.78, 5) is 16.0. The highest BCUT2D eigenvalue weighted by Gasteiger charge is 2.37. The molecule has 2 atom stereocenters. The Morgan fingerprint density at radius 3 is 2.47 bits per heavy atom. The highest BCUT2D eigenvalue weighted by molar-refractivity contribution is 5.82. The molecule has 0 bridgehead atoms. The summed E-state index contributed by atoms with van der Waals surface area (Å²) in [7, 11) is 1.91. The second-order valence-electron chi connectivity index (χ2n) is 5.75. The molecule has 0 spiro atoms. The lowest BCUT2D eigenvalue weighted by molar-refractivity contribution is -0.153. The summed E-state index contributed by atoms with van der Waals surface area (Å²) in [6.07, 6.45) is -1.81. The van der Waals surface area contributed by atoms with Gasteiger partial charge in [0.25, 0.3) is 0 Å². The van der Waals surface area contributed by atoms with Crippen molar-refractivity contribution in [2.45, 2.75) is 44.3 Å². The largest absolute Gasteiger partial charge is 0.389 e. The molecule has 0 saturated carbocycles. The maximum absolute atomic E-state index is 12.4. The van der Waals surface area contributed by atoms with E-state index in [4.69, 9.17) is 0 Å². The lowest BCUT2D eigenvalue weighted by Crippen LogP contribution is -2.48. The Hall–Kier alpha value is -0.780. The molecule has 0 radical (unpaired) electrons. The molecule has 6 heteroatoms. The van der Waals surface area contributed by atoms with Crippen molar-refractivity contribution in [1.82, 2.24) is 9.80 Å². The van der Waals surface area contributed by atoms with E-state index in [1.807, 2.05) is 11.9 Å². The highest BCUT2D eigenvalue weighted by atomic mass is 19.4. The molecule has 110 valence electrons. The van der Waals surface area contributed by atoms with Crippen LogP contribution in [0.25, 0.3) is 0 Å². The fraction of sp³-hybridized carbons (Fsp3) is 0.923. The van der Waals surface area contributed by atoms with Crippen LogP contribution in [0.5, 0.6) is 0 Å². The summed E-state index contributed by atoms with van der Waals surface area (Å²) in [5.41, 5.74) is 0.